The van der Waals surface area contributed by atoms with E-state index in [1.807, 2.05) is 12.1 Å². The van der Waals surface area contributed by atoms with Crippen molar-refractivity contribution in [3.05, 3.63) is 60.2 Å². The van der Waals surface area contributed by atoms with E-state index >= 15 is 0 Å². The average Bonchev–Trinajstić information content (AvgIpc) is 3.24. The van der Waals surface area contributed by atoms with Crippen LogP contribution in [0.2, 0.25) is 0 Å². The molecule has 0 bridgehead atoms. The van der Waals surface area contributed by atoms with Crippen molar-refractivity contribution in [1.29, 1.82) is 0 Å². The Bertz CT molecular complexity index is 793. The van der Waals surface area contributed by atoms with Gasteiger partial charge in [0.1, 0.15) is 24.2 Å². The van der Waals surface area contributed by atoms with Crippen LogP contribution in [0.25, 0.3) is 0 Å². The van der Waals surface area contributed by atoms with Crippen LogP contribution in [0.1, 0.15) is 17.1 Å². The molecule has 0 amide bonds. The van der Waals surface area contributed by atoms with E-state index in [2.05, 4.69) is 37.9 Å². The molecule has 0 saturated heterocycles. The summed E-state index contributed by atoms with van der Waals surface area (Å²) in [7, 11) is 1.69. The summed E-state index contributed by atoms with van der Waals surface area (Å²) in [5.41, 5.74) is 2.32. The molecule has 0 N–H and O–H groups in total. The largest absolute Gasteiger partial charge is 0.497 e. The van der Waals surface area contributed by atoms with Gasteiger partial charge < -0.3 is 9.30 Å². The van der Waals surface area contributed by atoms with E-state index in [9.17, 15) is 0 Å². The Morgan fingerprint density at radius 2 is 2.00 bits per heavy atom. The predicted octanol–water partition coefficient (Wildman–Crippen LogP) is 1.55. The van der Waals surface area contributed by atoms with Crippen molar-refractivity contribution < 1.29 is 4.74 Å². The van der Waals surface area contributed by atoms with Crippen LogP contribution in [0.3, 0.4) is 0 Å². The Kier molecular flexibility index (Phi) is 4.00. The van der Waals surface area contributed by atoms with Gasteiger partial charge in [0.05, 0.1) is 25.9 Å². The molecule has 0 radical (unpaired) electrons. The number of nitrogens with zero attached hydrogens (tertiary/aromatic N) is 6. The summed E-state index contributed by atoms with van der Waals surface area (Å²) < 4.78 is 9.25. The van der Waals surface area contributed by atoms with Gasteiger partial charge in [0.25, 0.3) is 0 Å². The van der Waals surface area contributed by atoms with E-state index in [1.54, 1.807) is 24.4 Å². The summed E-state index contributed by atoms with van der Waals surface area (Å²) in [6.07, 6.45) is 5.39. The molecule has 4 rings (SSSR count). The van der Waals surface area contributed by atoms with Crippen molar-refractivity contribution in [2.45, 2.75) is 26.2 Å². The Hall–Kier alpha value is -2.67. The summed E-state index contributed by atoms with van der Waals surface area (Å²) in [6.45, 7) is 4.45. The number of methoxy groups -OCH3 is 1. The van der Waals surface area contributed by atoms with Gasteiger partial charge in [0.2, 0.25) is 0 Å². The lowest BCUT2D eigenvalue weighted by molar-refractivity contribution is 0.209. The highest BCUT2D eigenvalue weighted by Crippen LogP contribution is 2.18. The SMILES string of the molecule is COc1ccc(CN2CCn3cc(Cn4cncn4)nc3C2)cc1. The third kappa shape index (κ3) is 3.16. The third-order valence-electron chi connectivity index (χ3n) is 4.29. The van der Waals surface area contributed by atoms with Crippen molar-refractivity contribution in [3.63, 3.8) is 0 Å². The van der Waals surface area contributed by atoms with E-state index in [0.29, 0.717) is 6.54 Å². The maximum atomic E-state index is 5.21. The summed E-state index contributed by atoms with van der Waals surface area (Å²) >= 11 is 0. The van der Waals surface area contributed by atoms with Crippen LogP contribution in [0.5, 0.6) is 5.75 Å². The first-order valence-electron chi connectivity index (χ1n) is 8.03. The molecular formula is C17H20N6O. The van der Waals surface area contributed by atoms with Crippen LogP contribution in [0.15, 0.2) is 43.1 Å². The number of aromatic nitrogens is 5. The molecule has 0 aliphatic carbocycles. The number of rotatable bonds is 5. The molecule has 1 aliphatic heterocycles. The first kappa shape index (κ1) is 14.9. The van der Waals surface area contributed by atoms with Crippen molar-refractivity contribution in [2.75, 3.05) is 13.7 Å². The molecule has 7 nitrogen and oxygen atoms in total. The molecule has 0 atom stereocenters. The molecule has 0 spiro atoms. The third-order valence-corrected chi connectivity index (χ3v) is 4.29. The molecule has 3 heterocycles. The second kappa shape index (κ2) is 6.45. The van der Waals surface area contributed by atoms with E-state index in [1.165, 1.54) is 5.56 Å². The molecule has 0 fully saturated rings. The normalized spacial score (nSPS) is 14.5. The maximum absolute atomic E-state index is 5.21. The van der Waals surface area contributed by atoms with E-state index in [0.717, 1.165) is 43.4 Å². The Morgan fingerprint density at radius 1 is 1.12 bits per heavy atom. The highest BCUT2D eigenvalue weighted by molar-refractivity contribution is 5.27. The number of hydrogen-bond acceptors (Lipinski definition) is 5. The van der Waals surface area contributed by atoms with E-state index in [-0.39, 0.29) is 0 Å². The molecule has 0 unspecified atom stereocenters. The molecule has 7 heteroatoms. The first-order chi connectivity index (χ1) is 11.8. The van der Waals surface area contributed by atoms with Crippen LogP contribution in [-0.4, -0.2) is 42.9 Å². The van der Waals surface area contributed by atoms with Gasteiger partial charge in [0, 0.05) is 25.8 Å². The fraction of sp³-hybridized carbons (Fsp3) is 0.353. The van der Waals surface area contributed by atoms with E-state index < -0.39 is 0 Å². The summed E-state index contributed by atoms with van der Waals surface area (Å²) in [4.78, 5) is 11.1. The Morgan fingerprint density at radius 3 is 2.75 bits per heavy atom. The molecule has 1 aliphatic rings. The van der Waals surface area contributed by atoms with Gasteiger partial charge in [-0.2, -0.15) is 5.10 Å². The minimum absolute atomic E-state index is 0.665. The summed E-state index contributed by atoms with van der Waals surface area (Å²) in [5.74, 6) is 2.01. The number of ether oxygens (including phenoxy) is 1. The van der Waals surface area contributed by atoms with Crippen LogP contribution < -0.4 is 4.74 Å². The maximum Gasteiger partial charge on any atom is 0.137 e. The number of fused-ring (bicyclic) bond motifs is 1. The molecular weight excluding hydrogens is 304 g/mol. The smallest absolute Gasteiger partial charge is 0.137 e. The van der Waals surface area contributed by atoms with Gasteiger partial charge in [0.15, 0.2) is 0 Å². The van der Waals surface area contributed by atoms with Crippen LogP contribution in [0, 0.1) is 0 Å². The number of imidazole rings is 1. The van der Waals surface area contributed by atoms with Crippen LogP contribution >= 0.6 is 0 Å². The topological polar surface area (TPSA) is 61.0 Å². The van der Waals surface area contributed by atoms with Gasteiger partial charge in [-0.3, -0.25) is 4.90 Å². The van der Waals surface area contributed by atoms with Gasteiger partial charge in [-0.05, 0) is 17.7 Å². The zero-order valence-corrected chi connectivity index (χ0v) is 13.7. The highest BCUT2D eigenvalue weighted by Gasteiger charge is 2.18. The van der Waals surface area contributed by atoms with Gasteiger partial charge >= 0.3 is 0 Å². The number of benzene rings is 1. The van der Waals surface area contributed by atoms with Crippen LogP contribution in [-0.2, 0) is 26.2 Å². The van der Waals surface area contributed by atoms with Gasteiger partial charge in [-0.1, -0.05) is 12.1 Å². The Balaban J connectivity index is 1.42. The molecule has 24 heavy (non-hydrogen) atoms. The predicted molar refractivity (Wildman–Crippen MR) is 88.5 cm³/mol. The van der Waals surface area contributed by atoms with E-state index in [4.69, 9.17) is 9.72 Å². The highest BCUT2D eigenvalue weighted by atomic mass is 16.5. The average molecular weight is 324 g/mol. The van der Waals surface area contributed by atoms with Crippen molar-refractivity contribution in [1.82, 2.24) is 29.2 Å². The summed E-state index contributed by atoms with van der Waals surface area (Å²) in [6, 6.07) is 8.26. The first-order valence-corrected chi connectivity index (χ1v) is 8.03. The molecule has 124 valence electrons. The van der Waals surface area contributed by atoms with Crippen molar-refractivity contribution in [3.8, 4) is 5.75 Å². The summed E-state index contributed by atoms with van der Waals surface area (Å²) in [5, 5.41) is 4.14. The quantitative estimate of drug-likeness (QED) is 0.712. The molecule has 3 aromatic rings. The second-order valence-corrected chi connectivity index (χ2v) is 5.99. The van der Waals surface area contributed by atoms with Gasteiger partial charge in [-0.25, -0.2) is 14.6 Å². The van der Waals surface area contributed by atoms with Crippen molar-refractivity contribution in [2.24, 2.45) is 0 Å². The lowest BCUT2D eigenvalue weighted by atomic mass is 10.2. The zero-order chi connectivity index (χ0) is 16.4. The monoisotopic (exact) mass is 324 g/mol. The molecule has 1 aromatic carbocycles. The van der Waals surface area contributed by atoms with Crippen molar-refractivity contribution >= 4 is 0 Å². The van der Waals surface area contributed by atoms with Crippen LogP contribution in [0.4, 0.5) is 0 Å². The Labute approximate surface area is 140 Å². The minimum atomic E-state index is 0.665. The molecule has 2 aromatic heterocycles. The molecule has 0 saturated carbocycles. The fourth-order valence-corrected chi connectivity index (χ4v) is 3.04. The lowest BCUT2D eigenvalue weighted by Crippen LogP contribution is -2.33. The lowest BCUT2D eigenvalue weighted by Gasteiger charge is -2.27. The standard InChI is InChI=1S/C17H20N6O/c1-24-16-4-2-14(3-5-16)8-21-6-7-22-9-15(20-17(22)11-21)10-23-13-18-12-19-23/h2-5,9,12-13H,6-8,10-11H2,1H3. The second-order valence-electron chi connectivity index (χ2n) is 5.99. The van der Waals surface area contributed by atoms with Gasteiger partial charge in [-0.15, -0.1) is 0 Å². The number of hydrogen-bond donors (Lipinski definition) is 0. The zero-order valence-electron chi connectivity index (χ0n) is 13.7. The fourth-order valence-electron chi connectivity index (χ4n) is 3.04. The minimum Gasteiger partial charge on any atom is -0.497 e.